The first-order valence-corrected chi connectivity index (χ1v) is 6.51. The molecule has 0 radical (unpaired) electrons. The summed E-state index contributed by atoms with van der Waals surface area (Å²) in [4.78, 5) is 11.9. The van der Waals surface area contributed by atoms with Gasteiger partial charge in [0, 0.05) is 22.7 Å². The summed E-state index contributed by atoms with van der Waals surface area (Å²) < 4.78 is 5.17. The van der Waals surface area contributed by atoms with Crippen molar-refractivity contribution in [2.75, 3.05) is 0 Å². The Labute approximate surface area is 116 Å². The van der Waals surface area contributed by atoms with Gasteiger partial charge in [0.25, 0.3) is 5.91 Å². The summed E-state index contributed by atoms with van der Waals surface area (Å²) in [7, 11) is 0. The van der Waals surface area contributed by atoms with E-state index in [2.05, 4.69) is 10.5 Å². The Bertz CT molecular complexity index is 563. The molecule has 0 saturated carbocycles. The second kappa shape index (κ2) is 5.89. The lowest BCUT2D eigenvalue weighted by Crippen LogP contribution is -2.32. The smallest absolute Gasteiger partial charge is 0.273 e. The van der Waals surface area contributed by atoms with Gasteiger partial charge in [0.2, 0.25) is 0 Å². The average Bonchev–Trinajstić information content (AvgIpc) is 2.89. The fourth-order valence-electron chi connectivity index (χ4n) is 1.53. The molecule has 1 atom stereocenters. The predicted molar refractivity (Wildman–Crippen MR) is 74.2 cm³/mol. The Hall–Kier alpha value is -1.81. The standard InChI is InChI=1S/C14H15ClN2O2/c1-3-9(2)16-14(18)12-8-13(19-17-12)10-4-6-11(15)7-5-10/h4-9H,3H2,1-2H3,(H,16,18)/t9-/m0/s1. The molecule has 5 heteroatoms. The number of hydrogen-bond acceptors (Lipinski definition) is 3. The van der Waals surface area contributed by atoms with Crippen LogP contribution in [0.5, 0.6) is 0 Å². The Morgan fingerprint density at radius 2 is 2.11 bits per heavy atom. The van der Waals surface area contributed by atoms with Gasteiger partial charge in [0.1, 0.15) is 0 Å². The molecule has 0 bridgehead atoms. The van der Waals surface area contributed by atoms with Gasteiger partial charge in [-0.1, -0.05) is 23.7 Å². The van der Waals surface area contributed by atoms with E-state index in [9.17, 15) is 4.79 Å². The minimum Gasteiger partial charge on any atom is -0.355 e. The first-order chi connectivity index (χ1) is 9.10. The molecule has 1 N–H and O–H groups in total. The molecule has 0 unspecified atom stereocenters. The molecule has 2 aromatic rings. The number of amides is 1. The second-order valence-corrected chi connectivity index (χ2v) is 4.80. The fourth-order valence-corrected chi connectivity index (χ4v) is 1.66. The number of hydrogen-bond donors (Lipinski definition) is 1. The Morgan fingerprint density at radius 3 is 2.74 bits per heavy atom. The van der Waals surface area contributed by atoms with Crippen molar-refractivity contribution in [3.05, 3.63) is 41.0 Å². The first-order valence-electron chi connectivity index (χ1n) is 6.13. The topological polar surface area (TPSA) is 55.1 Å². The number of nitrogens with one attached hydrogen (secondary N) is 1. The molecule has 0 spiro atoms. The van der Waals surface area contributed by atoms with Gasteiger partial charge in [0.15, 0.2) is 11.5 Å². The van der Waals surface area contributed by atoms with Gasteiger partial charge in [-0.05, 0) is 37.6 Å². The van der Waals surface area contributed by atoms with Gasteiger partial charge in [-0.15, -0.1) is 0 Å². The van der Waals surface area contributed by atoms with Crippen molar-refractivity contribution in [3.8, 4) is 11.3 Å². The Kier molecular flexibility index (Phi) is 4.22. The predicted octanol–water partition coefficient (Wildman–Crippen LogP) is 3.52. The van der Waals surface area contributed by atoms with Crippen LogP contribution in [-0.2, 0) is 0 Å². The zero-order valence-electron chi connectivity index (χ0n) is 10.8. The van der Waals surface area contributed by atoms with E-state index in [1.807, 2.05) is 26.0 Å². The highest BCUT2D eigenvalue weighted by Crippen LogP contribution is 2.22. The van der Waals surface area contributed by atoms with Crippen molar-refractivity contribution in [1.29, 1.82) is 0 Å². The van der Waals surface area contributed by atoms with Crippen molar-refractivity contribution in [2.45, 2.75) is 26.3 Å². The number of halogens is 1. The van der Waals surface area contributed by atoms with Crippen LogP contribution < -0.4 is 5.32 Å². The largest absolute Gasteiger partial charge is 0.355 e. The third-order valence-electron chi connectivity index (χ3n) is 2.86. The molecule has 0 fully saturated rings. The summed E-state index contributed by atoms with van der Waals surface area (Å²) in [6, 6.07) is 8.90. The number of carbonyl (C=O) groups is 1. The maximum Gasteiger partial charge on any atom is 0.273 e. The summed E-state index contributed by atoms with van der Waals surface area (Å²) in [5, 5.41) is 7.27. The normalized spacial score (nSPS) is 12.2. The van der Waals surface area contributed by atoms with Crippen LogP contribution in [0.4, 0.5) is 0 Å². The summed E-state index contributed by atoms with van der Waals surface area (Å²) in [5.41, 5.74) is 1.12. The molecule has 1 amide bonds. The molecule has 2 rings (SSSR count). The number of carbonyl (C=O) groups excluding carboxylic acids is 1. The molecule has 1 aromatic carbocycles. The number of benzene rings is 1. The summed E-state index contributed by atoms with van der Waals surface area (Å²) in [5.74, 6) is 0.323. The van der Waals surface area contributed by atoms with Crippen molar-refractivity contribution in [2.24, 2.45) is 0 Å². The van der Waals surface area contributed by atoms with Gasteiger partial charge in [-0.3, -0.25) is 4.79 Å². The number of rotatable bonds is 4. The molecule has 4 nitrogen and oxygen atoms in total. The zero-order chi connectivity index (χ0) is 13.8. The maximum atomic E-state index is 11.9. The van der Waals surface area contributed by atoms with E-state index in [-0.39, 0.29) is 17.6 Å². The lowest BCUT2D eigenvalue weighted by atomic mass is 10.1. The van der Waals surface area contributed by atoms with Gasteiger partial charge in [-0.25, -0.2) is 0 Å². The molecule has 1 heterocycles. The summed E-state index contributed by atoms with van der Waals surface area (Å²) >= 11 is 5.82. The summed E-state index contributed by atoms with van der Waals surface area (Å²) in [6.45, 7) is 3.95. The lowest BCUT2D eigenvalue weighted by Gasteiger charge is -2.08. The van der Waals surface area contributed by atoms with Gasteiger partial charge >= 0.3 is 0 Å². The van der Waals surface area contributed by atoms with Gasteiger partial charge < -0.3 is 9.84 Å². The van der Waals surface area contributed by atoms with E-state index in [0.717, 1.165) is 12.0 Å². The van der Waals surface area contributed by atoms with Gasteiger partial charge in [-0.2, -0.15) is 0 Å². The highest BCUT2D eigenvalue weighted by atomic mass is 35.5. The molecule has 0 aliphatic heterocycles. The van der Waals surface area contributed by atoms with E-state index in [1.165, 1.54) is 0 Å². The Morgan fingerprint density at radius 1 is 1.42 bits per heavy atom. The van der Waals surface area contributed by atoms with Crippen molar-refractivity contribution >= 4 is 17.5 Å². The van der Waals surface area contributed by atoms with Crippen LogP contribution in [0.2, 0.25) is 5.02 Å². The third-order valence-corrected chi connectivity index (χ3v) is 3.11. The summed E-state index contributed by atoms with van der Waals surface area (Å²) in [6.07, 6.45) is 0.869. The molecule has 0 aliphatic carbocycles. The minimum atomic E-state index is -0.224. The highest BCUT2D eigenvalue weighted by molar-refractivity contribution is 6.30. The molecule has 1 aromatic heterocycles. The highest BCUT2D eigenvalue weighted by Gasteiger charge is 2.14. The van der Waals surface area contributed by atoms with E-state index in [4.69, 9.17) is 16.1 Å². The van der Waals surface area contributed by atoms with Crippen LogP contribution in [0.15, 0.2) is 34.9 Å². The van der Waals surface area contributed by atoms with Crippen LogP contribution in [-0.4, -0.2) is 17.1 Å². The molecule has 0 aliphatic rings. The average molecular weight is 279 g/mol. The van der Waals surface area contributed by atoms with Crippen LogP contribution in [0.25, 0.3) is 11.3 Å². The molecule has 100 valence electrons. The van der Waals surface area contributed by atoms with Crippen molar-refractivity contribution < 1.29 is 9.32 Å². The SMILES string of the molecule is CC[C@H](C)NC(=O)c1cc(-c2ccc(Cl)cc2)on1. The third kappa shape index (κ3) is 3.35. The minimum absolute atomic E-state index is 0.114. The lowest BCUT2D eigenvalue weighted by molar-refractivity contribution is 0.0930. The monoisotopic (exact) mass is 278 g/mol. The zero-order valence-corrected chi connectivity index (χ0v) is 11.6. The molecular weight excluding hydrogens is 264 g/mol. The number of aromatic nitrogens is 1. The van der Waals surface area contributed by atoms with E-state index in [0.29, 0.717) is 10.8 Å². The van der Waals surface area contributed by atoms with Crippen LogP contribution in [0, 0.1) is 0 Å². The quantitative estimate of drug-likeness (QED) is 0.931. The molecule has 0 saturated heterocycles. The van der Waals surface area contributed by atoms with Gasteiger partial charge in [0.05, 0.1) is 0 Å². The Balaban J connectivity index is 2.15. The van der Waals surface area contributed by atoms with Crippen molar-refractivity contribution in [1.82, 2.24) is 10.5 Å². The van der Waals surface area contributed by atoms with E-state index in [1.54, 1.807) is 18.2 Å². The van der Waals surface area contributed by atoms with E-state index < -0.39 is 0 Å². The van der Waals surface area contributed by atoms with Crippen molar-refractivity contribution in [3.63, 3.8) is 0 Å². The second-order valence-electron chi connectivity index (χ2n) is 4.37. The van der Waals surface area contributed by atoms with Crippen LogP contribution in [0.3, 0.4) is 0 Å². The van der Waals surface area contributed by atoms with Crippen LogP contribution >= 0.6 is 11.6 Å². The maximum absolute atomic E-state index is 11.9. The van der Waals surface area contributed by atoms with E-state index >= 15 is 0 Å². The molecule has 19 heavy (non-hydrogen) atoms. The fraction of sp³-hybridized carbons (Fsp3) is 0.286. The number of nitrogens with zero attached hydrogens (tertiary/aromatic N) is 1. The molecular formula is C14H15ClN2O2. The van der Waals surface area contributed by atoms with Crippen LogP contribution in [0.1, 0.15) is 30.8 Å². The first kappa shape index (κ1) is 13.6.